The third-order valence-electron chi connectivity index (χ3n) is 9.69. The molecule has 6 atom stereocenters. The fraction of sp³-hybridized carbons (Fsp3) is 0.344. The summed E-state index contributed by atoms with van der Waals surface area (Å²) in [6.07, 6.45) is 1.59. The molecule has 1 saturated carbocycles. The van der Waals surface area contributed by atoms with Crippen LogP contribution in [0.1, 0.15) is 36.3 Å². The van der Waals surface area contributed by atoms with Crippen LogP contribution in [-0.2, 0) is 30.4 Å². The number of alkyl halides is 2. The van der Waals surface area contributed by atoms with E-state index in [1.807, 2.05) is 0 Å². The number of phenolic OH excluding ortho intramolecular Hbond substituents is 1. The molecule has 6 rings (SSSR count). The van der Waals surface area contributed by atoms with Gasteiger partial charge in [0.25, 0.3) is 11.8 Å². The minimum atomic E-state index is -2.79. The third kappa shape index (κ3) is 4.30. The minimum Gasteiger partial charge on any atom is -0.507 e. The van der Waals surface area contributed by atoms with Gasteiger partial charge in [0, 0.05) is 18.0 Å². The summed E-state index contributed by atoms with van der Waals surface area (Å²) in [6, 6.07) is 4.28. The Morgan fingerprint density at radius 2 is 1.58 bits per heavy atom. The summed E-state index contributed by atoms with van der Waals surface area (Å²) >= 11 is 14.1. The fourth-order valence-corrected chi connectivity index (χ4v) is 8.50. The first-order chi connectivity index (χ1) is 22.5. The van der Waals surface area contributed by atoms with Gasteiger partial charge in [-0.15, -0.1) is 29.8 Å². The Hall–Kier alpha value is -4.30. The van der Waals surface area contributed by atoms with Gasteiger partial charge in [-0.25, -0.2) is 26.9 Å². The summed E-state index contributed by atoms with van der Waals surface area (Å²) in [5, 5.41) is 20.6. The number of halogens is 7. The van der Waals surface area contributed by atoms with Crippen LogP contribution in [0, 0.1) is 46.8 Å². The molecule has 2 aliphatic carbocycles. The highest BCUT2D eigenvalue weighted by Crippen LogP contribution is 2.66. The Morgan fingerprint density at radius 3 is 2.19 bits per heavy atom. The molecule has 4 aliphatic rings. The van der Waals surface area contributed by atoms with Crippen molar-refractivity contribution in [1.82, 2.24) is 4.90 Å². The van der Waals surface area contributed by atoms with Crippen LogP contribution in [0.15, 0.2) is 42.5 Å². The standard InChI is InChI=1S/C32H23Cl2F5N2O7/c1-2-4-12-5-3-6-15(26(12)44)19-13-7-8-14-18(28(46)40(27(14)45)10-9-17(42)43)16(13)11-31(33)29(47)41(30(48)32(19,31)34)25-23(38)21(36)20(35)22(37)24(25)39/h2-3,5-7,14,16,18-19,44H,1,4,8-11H2,(H,42,43). The molecule has 0 radical (unpaired) electrons. The molecule has 0 aromatic heterocycles. The van der Waals surface area contributed by atoms with Crippen molar-refractivity contribution in [3.8, 4) is 5.75 Å². The lowest BCUT2D eigenvalue weighted by Gasteiger charge is -2.50. The minimum absolute atomic E-state index is 0.0932. The number of anilines is 1. The number of allylic oxidation sites excluding steroid dienone is 3. The highest BCUT2D eigenvalue weighted by atomic mass is 35.5. The highest BCUT2D eigenvalue weighted by molar-refractivity contribution is 6.58. The predicted molar refractivity (Wildman–Crippen MR) is 157 cm³/mol. The molecule has 2 aromatic rings. The number of hydrogen-bond donors (Lipinski definition) is 2. The molecule has 0 spiro atoms. The molecule has 3 fully saturated rings. The fourth-order valence-electron chi connectivity index (χ4n) is 7.57. The van der Waals surface area contributed by atoms with E-state index in [2.05, 4.69) is 6.58 Å². The first-order valence-electron chi connectivity index (χ1n) is 14.5. The quantitative estimate of drug-likeness (QED) is 0.105. The number of carboxylic acids is 1. The van der Waals surface area contributed by atoms with Crippen LogP contribution in [0.25, 0.3) is 0 Å². The average molecular weight is 713 g/mol. The van der Waals surface area contributed by atoms with E-state index in [1.165, 1.54) is 30.4 Å². The van der Waals surface area contributed by atoms with Crippen LogP contribution in [0.4, 0.5) is 27.6 Å². The third-order valence-corrected chi connectivity index (χ3v) is 11.1. The summed E-state index contributed by atoms with van der Waals surface area (Å²) in [4.78, 5) is 61.7. The van der Waals surface area contributed by atoms with Gasteiger partial charge in [-0.3, -0.25) is 28.9 Å². The number of carbonyl (C=O) groups excluding carboxylic acids is 4. The Morgan fingerprint density at radius 1 is 0.958 bits per heavy atom. The Bertz CT molecular complexity index is 1880. The van der Waals surface area contributed by atoms with Crippen molar-refractivity contribution in [2.24, 2.45) is 17.8 Å². The van der Waals surface area contributed by atoms with E-state index in [0.29, 0.717) is 0 Å². The number of amides is 4. The van der Waals surface area contributed by atoms with Crippen LogP contribution >= 0.6 is 23.2 Å². The molecule has 9 nitrogen and oxygen atoms in total. The van der Waals surface area contributed by atoms with Gasteiger partial charge in [-0.05, 0) is 30.7 Å². The molecule has 4 amide bonds. The summed E-state index contributed by atoms with van der Waals surface area (Å²) < 4.78 is 73.0. The van der Waals surface area contributed by atoms with Crippen molar-refractivity contribution in [1.29, 1.82) is 0 Å². The van der Waals surface area contributed by atoms with Crippen LogP contribution < -0.4 is 4.90 Å². The zero-order chi connectivity index (χ0) is 35.2. The second kappa shape index (κ2) is 11.4. The van der Waals surface area contributed by atoms with Crippen LogP contribution in [0.5, 0.6) is 5.75 Å². The molecule has 6 unspecified atom stereocenters. The SMILES string of the molecule is C=CCc1cccc(C2C3=CCC4C(=O)N(CCC(=O)O)C(=O)C4C3CC3(Cl)C(=O)N(c4c(F)c(F)c(F)c(F)c4F)C(=O)C23Cl)c1O. The number of benzene rings is 2. The number of aliphatic carboxylic acids is 1. The molecular formula is C32H23Cl2F5N2O7. The molecule has 16 heteroatoms. The first-order valence-corrected chi connectivity index (χ1v) is 15.3. The van der Waals surface area contributed by atoms with Crippen LogP contribution in [-0.4, -0.2) is 61.0 Å². The van der Waals surface area contributed by atoms with E-state index < -0.39 is 123 Å². The van der Waals surface area contributed by atoms with Crippen molar-refractivity contribution in [3.63, 3.8) is 0 Å². The molecule has 2 aliphatic heterocycles. The average Bonchev–Trinajstić information content (AvgIpc) is 3.37. The van der Waals surface area contributed by atoms with E-state index in [-0.39, 0.29) is 34.4 Å². The maximum Gasteiger partial charge on any atom is 0.305 e. The second-order valence-corrected chi connectivity index (χ2v) is 13.3. The van der Waals surface area contributed by atoms with E-state index in [0.717, 1.165) is 4.90 Å². The molecule has 2 N–H and O–H groups in total. The van der Waals surface area contributed by atoms with E-state index in [1.54, 1.807) is 0 Å². The number of carboxylic acid groups (broad SMARTS) is 1. The van der Waals surface area contributed by atoms with Gasteiger partial charge in [-0.1, -0.05) is 35.9 Å². The number of imide groups is 2. The van der Waals surface area contributed by atoms with Crippen molar-refractivity contribution in [2.45, 2.75) is 41.3 Å². The highest BCUT2D eigenvalue weighted by Gasteiger charge is 2.77. The molecule has 2 aromatic carbocycles. The number of para-hydroxylation sites is 1. The van der Waals surface area contributed by atoms with Gasteiger partial charge in [0.1, 0.15) is 11.4 Å². The Balaban J connectivity index is 1.59. The number of carbonyl (C=O) groups is 5. The van der Waals surface area contributed by atoms with E-state index in [4.69, 9.17) is 28.3 Å². The van der Waals surface area contributed by atoms with Gasteiger partial charge >= 0.3 is 5.97 Å². The maximum absolute atomic E-state index is 15.1. The second-order valence-electron chi connectivity index (χ2n) is 12.0. The summed E-state index contributed by atoms with van der Waals surface area (Å²) in [5.74, 6) is -24.2. The summed E-state index contributed by atoms with van der Waals surface area (Å²) in [7, 11) is 0. The lowest BCUT2D eigenvalue weighted by molar-refractivity contribution is -0.142. The zero-order valence-electron chi connectivity index (χ0n) is 24.4. The van der Waals surface area contributed by atoms with Gasteiger partial charge in [0.15, 0.2) is 33.0 Å². The number of fused-ring (bicyclic) bond motifs is 4. The number of hydrogen-bond acceptors (Lipinski definition) is 6. The van der Waals surface area contributed by atoms with E-state index >= 15 is 8.78 Å². The largest absolute Gasteiger partial charge is 0.507 e. The predicted octanol–water partition coefficient (Wildman–Crippen LogP) is 4.85. The van der Waals surface area contributed by atoms with Crippen molar-refractivity contribution in [3.05, 3.63) is 82.7 Å². The Kier molecular flexibility index (Phi) is 7.98. The smallest absolute Gasteiger partial charge is 0.305 e. The number of aromatic hydroxyl groups is 1. The maximum atomic E-state index is 15.1. The summed E-state index contributed by atoms with van der Waals surface area (Å²) in [6.45, 7) is 3.16. The number of nitrogens with zero attached hydrogens (tertiary/aromatic N) is 2. The lowest BCUT2D eigenvalue weighted by Crippen LogP contribution is -2.60. The lowest BCUT2D eigenvalue weighted by atomic mass is 9.56. The first kappa shape index (κ1) is 33.6. The van der Waals surface area contributed by atoms with Crippen molar-refractivity contribution < 1.29 is 56.1 Å². The molecule has 0 bridgehead atoms. The molecule has 252 valence electrons. The van der Waals surface area contributed by atoms with E-state index in [9.17, 15) is 42.3 Å². The van der Waals surface area contributed by atoms with Crippen molar-refractivity contribution >= 4 is 58.5 Å². The normalized spacial score (nSPS) is 29.5. The molecule has 48 heavy (non-hydrogen) atoms. The topological polar surface area (TPSA) is 132 Å². The summed E-state index contributed by atoms with van der Waals surface area (Å²) in [5.41, 5.74) is -1.63. The monoisotopic (exact) mass is 712 g/mol. The number of likely N-dealkylation sites (tertiary alicyclic amines) is 1. The molecular weight excluding hydrogens is 690 g/mol. The molecule has 2 saturated heterocycles. The van der Waals surface area contributed by atoms with Crippen LogP contribution in [0.2, 0.25) is 0 Å². The van der Waals surface area contributed by atoms with Crippen LogP contribution in [0.3, 0.4) is 0 Å². The van der Waals surface area contributed by atoms with Crippen molar-refractivity contribution in [2.75, 3.05) is 11.4 Å². The number of phenols is 1. The van der Waals surface area contributed by atoms with Gasteiger partial charge in [0.2, 0.25) is 17.6 Å². The Labute approximate surface area is 278 Å². The van der Waals surface area contributed by atoms with Gasteiger partial charge in [-0.2, -0.15) is 0 Å². The van der Waals surface area contributed by atoms with Gasteiger partial charge in [0.05, 0.1) is 18.3 Å². The zero-order valence-corrected chi connectivity index (χ0v) is 25.9. The number of rotatable bonds is 7. The van der Waals surface area contributed by atoms with Gasteiger partial charge < -0.3 is 10.2 Å². The molecule has 2 heterocycles.